The Morgan fingerprint density at radius 2 is 1.61 bits per heavy atom. The quantitative estimate of drug-likeness (QED) is 0.415. The number of halogens is 1. The van der Waals surface area contributed by atoms with Crippen LogP contribution in [0.2, 0.25) is 5.15 Å². The minimum absolute atomic E-state index is 0.240. The zero-order valence-electron chi connectivity index (χ0n) is 15.0. The molecule has 8 heteroatoms. The smallest absolute Gasteiger partial charge is 0.163 e. The summed E-state index contributed by atoms with van der Waals surface area (Å²) in [5.41, 5.74) is 2.98. The SMILES string of the molecule is COc1ccc(-c2cc(COCc3cc(-c4cccnc4Cl)no3)on2)cc1. The predicted octanol–water partition coefficient (Wildman–Crippen LogP) is 4.77. The summed E-state index contributed by atoms with van der Waals surface area (Å²) in [6.45, 7) is 0.496. The fraction of sp³-hybridized carbons (Fsp3) is 0.150. The van der Waals surface area contributed by atoms with Gasteiger partial charge in [0.05, 0.1) is 7.11 Å². The summed E-state index contributed by atoms with van der Waals surface area (Å²) in [7, 11) is 1.63. The van der Waals surface area contributed by atoms with E-state index in [0.29, 0.717) is 27.9 Å². The fourth-order valence-electron chi connectivity index (χ4n) is 2.62. The third-order valence-electron chi connectivity index (χ3n) is 4.03. The van der Waals surface area contributed by atoms with E-state index in [2.05, 4.69) is 15.3 Å². The molecule has 0 bridgehead atoms. The van der Waals surface area contributed by atoms with Crippen molar-refractivity contribution in [2.24, 2.45) is 0 Å². The van der Waals surface area contributed by atoms with Gasteiger partial charge in [-0.05, 0) is 36.4 Å². The highest BCUT2D eigenvalue weighted by atomic mass is 35.5. The summed E-state index contributed by atoms with van der Waals surface area (Å²) in [4.78, 5) is 4.03. The minimum atomic E-state index is 0.240. The van der Waals surface area contributed by atoms with Crippen LogP contribution in [0.1, 0.15) is 11.5 Å². The Kier molecular flexibility index (Phi) is 5.36. The first-order valence-electron chi connectivity index (χ1n) is 8.47. The number of hydrogen-bond acceptors (Lipinski definition) is 7. The molecule has 28 heavy (non-hydrogen) atoms. The summed E-state index contributed by atoms with van der Waals surface area (Å²) in [5, 5.41) is 8.44. The summed E-state index contributed by atoms with van der Waals surface area (Å²) < 4.78 is 21.4. The van der Waals surface area contributed by atoms with Crippen LogP contribution in [0.3, 0.4) is 0 Å². The van der Waals surface area contributed by atoms with Gasteiger partial charge in [-0.2, -0.15) is 0 Å². The molecule has 0 spiro atoms. The molecule has 4 aromatic rings. The number of methoxy groups -OCH3 is 1. The van der Waals surface area contributed by atoms with E-state index in [1.165, 1.54) is 0 Å². The van der Waals surface area contributed by atoms with Crippen LogP contribution in [-0.4, -0.2) is 22.4 Å². The highest BCUT2D eigenvalue weighted by Gasteiger charge is 2.12. The number of hydrogen-bond donors (Lipinski definition) is 0. The summed E-state index contributed by atoms with van der Waals surface area (Å²) >= 11 is 6.07. The largest absolute Gasteiger partial charge is 0.497 e. The standard InChI is InChI=1S/C20H16ClN3O4/c1-25-14-6-4-13(5-7-14)18-9-15(27-23-18)11-26-12-16-10-19(24-28-16)17-3-2-8-22-20(17)21/h2-10H,11-12H2,1H3. The molecule has 0 fully saturated rings. The summed E-state index contributed by atoms with van der Waals surface area (Å²) in [6, 6.07) is 14.8. The van der Waals surface area contributed by atoms with Crippen molar-refractivity contribution >= 4 is 11.6 Å². The van der Waals surface area contributed by atoms with E-state index >= 15 is 0 Å². The molecule has 0 unspecified atom stereocenters. The van der Waals surface area contributed by atoms with Gasteiger partial charge in [-0.3, -0.25) is 0 Å². The number of pyridine rings is 1. The van der Waals surface area contributed by atoms with Crippen LogP contribution < -0.4 is 4.74 Å². The van der Waals surface area contributed by atoms with Crippen molar-refractivity contribution in [3.05, 3.63) is 71.4 Å². The molecule has 0 aliphatic heterocycles. The number of aromatic nitrogens is 3. The van der Waals surface area contributed by atoms with Gasteiger partial charge in [-0.1, -0.05) is 21.9 Å². The average Bonchev–Trinajstić information content (AvgIpc) is 3.38. The zero-order chi connectivity index (χ0) is 19.3. The van der Waals surface area contributed by atoms with Gasteiger partial charge < -0.3 is 18.5 Å². The molecule has 0 aliphatic carbocycles. The maximum Gasteiger partial charge on any atom is 0.163 e. The number of rotatable bonds is 7. The second-order valence-corrected chi connectivity index (χ2v) is 6.28. The van der Waals surface area contributed by atoms with Crippen molar-refractivity contribution in [3.63, 3.8) is 0 Å². The molecule has 7 nitrogen and oxygen atoms in total. The van der Waals surface area contributed by atoms with Crippen LogP contribution >= 0.6 is 11.6 Å². The van der Waals surface area contributed by atoms with E-state index in [9.17, 15) is 0 Å². The maximum atomic E-state index is 6.07. The topological polar surface area (TPSA) is 83.4 Å². The first-order valence-corrected chi connectivity index (χ1v) is 8.85. The number of nitrogens with zero attached hydrogens (tertiary/aromatic N) is 3. The van der Waals surface area contributed by atoms with E-state index < -0.39 is 0 Å². The van der Waals surface area contributed by atoms with Crippen LogP contribution in [0.5, 0.6) is 5.75 Å². The van der Waals surface area contributed by atoms with Gasteiger partial charge in [-0.25, -0.2) is 4.98 Å². The Balaban J connectivity index is 1.35. The van der Waals surface area contributed by atoms with E-state index in [0.717, 1.165) is 17.0 Å². The lowest BCUT2D eigenvalue weighted by molar-refractivity contribution is 0.0727. The molecule has 1 aromatic carbocycles. The summed E-state index contributed by atoms with van der Waals surface area (Å²) in [6.07, 6.45) is 1.62. The minimum Gasteiger partial charge on any atom is -0.497 e. The molecular weight excluding hydrogens is 382 g/mol. The third kappa shape index (κ3) is 4.05. The first-order chi connectivity index (χ1) is 13.7. The third-order valence-corrected chi connectivity index (χ3v) is 4.33. The highest BCUT2D eigenvalue weighted by Crippen LogP contribution is 2.26. The molecule has 0 aliphatic rings. The Morgan fingerprint density at radius 1 is 0.929 bits per heavy atom. The molecule has 4 rings (SSSR count). The lowest BCUT2D eigenvalue weighted by Crippen LogP contribution is -1.91. The van der Waals surface area contributed by atoms with Gasteiger partial charge >= 0.3 is 0 Å². The van der Waals surface area contributed by atoms with Crippen molar-refractivity contribution in [1.29, 1.82) is 0 Å². The molecular formula is C20H16ClN3O4. The van der Waals surface area contributed by atoms with Gasteiger partial charge in [0.25, 0.3) is 0 Å². The van der Waals surface area contributed by atoms with Crippen molar-refractivity contribution in [3.8, 4) is 28.3 Å². The highest BCUT2D eigenvalue weighted by molar-refractivity contribution is 6.32. The van der Waals surface area contributed by atoms with Gasteiger partial charge in [-0.15, -0.1) is 0 Å². The lowest BCUT2D eigenvalue weighted by atomic mass is 10.1. The van der Waals surface area contributed by atoms with Gasteiger partial charge in [0.15, 0.2) is 11.5 Å². The molecule has 0 N–H and O–H groups in total. The van der Waals surface area contributed by atoms with Gasteiger partial charge in [0, 0.05) is 29.5 Å². The van der Waals surface area contributed by atoms with Crippen molar-refractivity contribution in [2.75, 3.05) is 7.11 Å². The van der Waals surface area contributed by atoms with E-state index in [1.807, 2.05) is 36.4 Å². The normalized spacial score (nSPS) is 10.9. The molecule has 3 aromatic heterocycles. The average molecular weight is 398 g/mol. The molecule has 142 valence electrons. The van der Waals surface area contributed by atoms with Gasteiger partial charge in [0.2, 0.25) is 0 Å². The molecule has 0 saturated heterocycles. The van der Waals surface area contributed by atoms with Gasteiger partial charge in [0.1, 0.15) is 35.5 Å². The second-order valence-electron chi connectivity index (χ2n) is 5.92. The molecule has 3 heterocycles. The molecule has 0 atom stereocenters. The zero-order valence-corrected chi connectivity index (χ0v) is 15.7. The second kappa shape index (κ2) is 8.24. The van der Waals surface area contributed by atoms with Crippen LogP contribution in [0.15, 0.2) is 63.8 Å². The van der Waals surface area contributed by atoms with Crippen LogP contribution in [0.4, 0.5) is 0 Å². The van der Waals surface area contributed by atoms with Crippen LogP contribution in [0.25, 0.3) is 22.5 Å². The lowest BCUT2D eigenvalue weighted by Gasteiger charge is -1.99. The fourth-order valence-corrected chi connectivity index (χ4v) is 2.83. The van der Waals surface area contributed by atoms with E-state index in [1.54, 1.807) is 25.4 Å². The van der Waals surface area contributed by atoms with Crippen LogP contribution in [-0.2, 0) is 18.0 Å². The van der Waals surface area contributed by atoms with Crippen molar-refractivity contribution < 1.29 is 18.5 Å². The Labute approximate surface area is 165 Å². The number of benzene rings is 1. The Bertz CT molecular complexity index is 1060. The summed E-state index contributed by atoms with van der Waals surface area (Å²) in [5.74, 6) is 1.97. The monoisotopic (exact) mass is 397 g/mol. The van der Waals surface area contributed by atoms with Crippen molar-refractivity contribution in [1.82, 2.24) is 15.3 Å². The Morgan fingerprint density at radius 3 is 2.29 bits per heavy atom. The first kappa shape index (κ1) is 18.2. The van der Waals surface area contributed by atoms with E-state index in [4.69, 9.17) is 30.1 Å². The molecule has 0 amide bonds. The Hall–Kier alpha value is -3.16. The van der Waals surface area contributed by atoms with Crippen LogP contribution in [0, 0.1) is 0 Å². The molecule has 0 radical (unpaired) electrons. The predicted molar refractivity (Wildman–Crippen MR) is 102 cm³/mol. The maximum absolute atomic E-state index is 6.07. The number of ether oxygens (including phenoxy) is 2. The molecule has 0 saturated carbocycles. The van der Waals surface area contributed by atoms with Crippen molar-refractivity contribution in [2.45, 2.75) is 13.2 Å². The van der Waals surface area contributed by atoms with E-state index in [-0.39, 0.29) is 13.2 Å².